The summed E-state index contributed by atoms with van der Waals surface area (Å²) >= 11 is -2.18. The van der Waals surface area contributed by atoms with Gasteiger partial charge in [-0.25, -0.2) is 0 Å². The van der Waals surface area contributed by atoms with Crippen LogP contribution in [0.25, 0.3) is 0 Å². The van der Waals surface area contributed by atoms with Gasteiger partial charge in [0.05, 0.1) is 6.61 Å². The smallest absolute Gasteiger partial charge is 0.0632 e. The highest BCUT2D eigenvalue weighted by molar-refractivity contribution is 7.79. The number of hydrogen-bond donors (Lipinski definition) is 2. The third-order valence-electron chi connectivity index (χ3n) is 2.13. The lowest BCUT2D eigenvalue weighted by Gasteiger charge is -2.15. The molecule has 1 aromatic rings. The van der Waals surface area contributed by atoms with Crippen molar-refractivity contribution in [3.63, 3.8) is 0 Å². The molecule has 0 heterocycles. The predicted octanol–water partition coefficient (Wildman–Crippen LogP) is 1.11. The number of aliphatic hydroxyl groups excluding tert-OH is 1. The van der Waals surface area contributed by atoms with E-state index in [4.69, 9.17) is 5.11 Å². The van der Waals surface area contributed by atoms with Crippen LogP contribution in [0.3, 0.4) is 0 Å². The number of anilines is 1. The van der Waals surface area contributed by atoms with Crippen molar-refractivity contribution in [1.29, 1.82) is 0 Å². The molecule has 4 nitrogen and oxygen atoms in total. The fourth-order valence-electron chi connectivity index (χ4n) is 1.17. The molecule has 0 saturated carbocycles. The highest BCUT2D eigenvalue weighted by atomic mass is 32.2. The Hall–Kier alpha value is -0.910. The first-order valence-electron chi connectivity index (χ1n) is 4.74. The number of benzene rings is 1. The summed E-state index contributed by atoms with van der Waals surface area (Å²) < 4.78 is 21.2. The van der Waals surface area contributed by atoms with Gasteiger partial charge in [-0.05, 0) is 41.8 Å². The van der Waals surface area contributed by atoms with Gasteiger partial charge in [0.15, 0.2) is 0 Å². The summed E-state index contributed by atoms with van der Waals surface area (Å²) in [6, 6.07) is 6.42. The van der Waals surface area contributed by atoms with E-state index in [-0.39, 0.29) is 17.5 Å². The lowest BCUT2D eigenvalue weighted by Crippen LogP contribution is -2.22. The molecule has 0 fully saturated rings. The van der Waals surface area contributed by atoms with Gasteiger partial charge in [0, 0.05) is 16.6 Å². The zero-order valence-corrected chi connectivity index (χ0v) is 9.29. The van der Waals surface area contributed by atoms with Crippen molar-refractivity contribution in [3.05, 3.63) is 24.3 Å². The molecular weight excluding hydrogens is 214 g/mol. The lowest BCUT2D eigenvalue weighted by atomic mass is 10.2. The summed E-state index contributed by atoms with van der Waals surface area (Å²) in [5, 5.41) is 12.1. The van der Waals surface area contributed by atoms with Crippen molar-refractivity contribution >= 4 is 16.8 Å². The SMILES string of the molecule is CCC(CO)Nc1ccc(S(=O)[O-])cc1. The highest BCUT2D eigenvalue weighted by Crippen LogP contribution is 2.13. The van der Waals surface area contributed by atoms with E-state index in [2.05, 4.69) is 5.32 Å². The first-order chi connectivity index (χ1) is 7.17. The molecule has 84 valence electrons. The molecule has 0 saturated heterocycles. The van der Waals surface area contributed by atoms with Crippen molar-refractivity contribution in [3.8, 4) is 0 Å². The molecule has 0 bridgehead atoms. The molecule has 1 aromatic carbocycles. The molecule has 2 atom stereocenters. The molecule has 0 aliphatic carbocycles. The summed E-state index contributed by atoms with van der Waals surface area (Å²) in [7, 11) is 0. The Morgan fingerprint density at radius 3 is 2.47 bits per heavy atom. The Labute approximate surface area is 91.6 Å². The van der Waals surface area contributed by atoms with E-state index in [1.54, 1.807) is 12.1 Å². The second-order valence-corrected chi connectivity index (χ2v) is 4.13. The minimum absolute atomic E-state index is 0.00796. The van der Waals surface area contributed by atoms with Gasteiger partial charge >= 0.3 is 0 Å². The fourth-order valence-corrected chi connectivity index (χ4v) is 1.53. The largest absolute Gasteiger partial charge is 0.768 e. The van der Waals surface area contributed by atoms with Crippen molar-refractivity contribution in [2.45, 2.75) is 24.3 Å². The summed E-state index contributed by atoms with van der Waals surface area (Å²) in [5.41, 5.74) is 0.810. The average molecular weight is 228 g/mol. The highest BCUT2D eigenvalue weighted by Gasteiger charge is 2.03. The standard InChI is InChI=1S/C10H15NO3S/c1-2-8(7-12)11-9-3-5-10(6-4-9)15(13)14/h3-6,8,11-12H,2,7H2,1H3,(H,13,14)/p-1. The van der Waals surface area contributed by atoms with Gasteiger partial charge in [-0.2, -0.15) is 0 Å². The van der Waals surface area contributed by atoms with Gasteiger partial charge in [-0.15, -0.1) is 0 Å². The Bertz CT molecular complexity index is 322. The van der Waals surface area contributed by atoms with Crippen molar-refractivity contribution < 1.29 is 13.9 Å². The molecular formula is C10H14NO3S-. The van der Waals surface area contributed by atoms with Crippen LogP contribution in [0, 0.1) is 0 Å². The second-order valence-electron chi connectivity index (χ2n) is 3.19. The van der Waals surface area contributed by atoms with Gasteiger partial charge in [-0.1, -0.05) is 6.92 Å². The van der Waals surface area contributed by atoms with E-state index in [9.17, 15) is 8.76 Å². The van der Waals surface area contributed by atoms with Crippen LogP contribution in [-0.2, 0) is 11.1 Å². The summed E-state index contributed by atoms with van der Waals surface area (Å²) in [4.78, 5) is 0.262. The van der Waals surface area contributed by atoms with Gasteiger partial charge in [0.2, 0.25) is 0 Å². The van der Waals surface area contributed by atoms with Gasteiger partial charge in [0.1, 0.15) is 0 Å². The molecule has 5 heteroatoms. The minimum atomic E-state index is -2.18. The molecule has 0 aliphatic heterocycles. The van der Waals surface area contributed by atoms with Gasteiger partial charge in [-0.3, -0.25) is 4.21 Å². The molecule has 0 aliphatic rings. The third kappa shape index (κ3) is 3.62. The molecule has 2 unspecified atom stereocenters. The molecule has 0 amide bonds. The Balaban J connectivity index is 2.67. The molecule has 15 heavy (non-hydrogen) atoms. The van der Waals surface area contributed by atoms with E-state index in [0.717, 1.165) is 12.1 Å². The van der Waals surface area contributed by atoms with Crippen molar-refractivity contribution in [2.75, 3.05) is 11.9 Å². The van der Waals surface area contributed by atoms with E-state index >= 15 is 0 Å². The van der Waals surface area contributed by atoms with E-state index < -0.39 is 11.1 Å². The van der Waals surface area contributed by atoms with Crippen LogP contribution in [-0.4, -0.2) is 26.5 Å². The van der Waals surface area contributed by atoms with Gasteiger partial charge in [0.25, 0.3) is 0 Å². The van der Waals surface area contributed by atoms with Crippen LogP contribution >= 0.6 is 0 Å². The molecule has 0 spiro atoms. The summed E-state index contributed by atoms with van der Waals surface area (Å²) in [5.74, 6) is 0. The molecule has 0 aromatic heterocycles. The van der Waals surface area contributed by atoms with Crippen LogP contribution in [0.15, 0.2) is 29.2 Å². The van der Waals surface area contributed by atoms with E-state index in [0.29, 0.717) is 0 Å². The first kappa shape index (κ1) is 12.2. The topological polar surface area (TPSA) is 72.4 Å². The Morgan fingerprint density at radius 2 is 2.07 bits per heavy atom. The van der Waals surface area contributed by atoms with E-state index in [1.165, 1.54) is 12.1 Å². The minimum Gasteiger partial charge on any atom is -0.768 e. The average Bonchev–Trinajstić information content (AvgIpc) is 2.26. The zero-order valence-electron chi connectivity index (χ0n) is 8.47. The number of hydrogen-bond acceptors (Lipinski definition) is 4. The van der Waals surface area contributed by atoms with Gasteiger partial charge < -0.3 is 15.0 Å². The van der Waals surface area contributed by atoms with E-state index in [1.807, 2.05) is 6.92 Å². The van der Waals surface area contributed by atoms with Crippen molar-refractivity contribution in [2.24, 2.45) is 0 Å². The predicted molar refractivity (Wildman–Crippen MR) is 58.4 cm³/mol. The Morgan fingerprint density at radius 1 is 1.47 bits per heavy atom. The monoisotopic (exact) mass is 228 g/mol. The maximum atomic E-state index is 10.6. The van der Waals surface area contributed by atoms with Crippen LogP contribution < -0.4 is 5.32 Å². The summed E-state index contributed by atoms with van der Waals surface area (Å²) in [6.45, 7) is 2.03. The molecule has 0 radical (unpaired) electrons. The number of aliphatic hydroxyl groups is 1. The van der Waals surface area contributed by atoms with Crippen LogP contribution in [0.5, 0.6) is 0 Å². The zero-order chi connectivity index (χ0) is 11.3. The molecule has 2 N–H and O–H groups in total. The summed E-state index contributed by atoms with van der Waals surface area (Å²) in [6.07, 6.45) is 0.811. The third-order valence-corrected chi connectivity index (χ3v) is 2.79. The number of rotatable bonds is 5. The lowest BCUT2D eigenvalue weighted by molar-refractivity contribution is 0.272. The van der Waals surface area contributed by atoms with Crippen LogP contribution in [0.4, 0.5) is 5.69 Å². The maximum absolute atomic E-state index is 10.6. The van der Waals surface area contributed by atoms with Crippen molar-refractivity contribution in [1.82, 2.24) is 0 Å². The number of nitrogens with one attached hydrogen (secondary N) is 1. The Kier molecular flexibility index (Phi) is 4.74. The first-order valence-corrected chi connectivity index (χ1v) is 5.81. The molecule has 1 rings (SSSR count). The quantitative estimate of drug-likeness (QED) is 0.740. The normalized spacial score (nSPS) is 14.6. The second kappa shape index (κ2) is 5.85. The van der Waals surface area contributed by atoms with Crippen LogP contribution in [0.2, 0.25) is 0 Å². The van der Waals surface area contributed by atoms with Crippen LogP contribution in [0.1, 0.15) is 13.3 Å². The maximum Gasteiger partial charge on any atom is 0.0632 e. The fraction of sp³-hybridized carbons (Fsp3) is 0.400.